The van der Waals surface area contributed by atoms with Crippen LogP contribution in [0.25, 0.3) is 0 Å². The number of hydrogen-bond donors (Lipinski definition) is 0. The quantitative estimate of drug-likeness (QED) is 0.829. The lowest BCUT2D eigenvalue weighted by molar-refractivity contribution is 0.0797. The molecule has 0 aliphatic heterocycles. The molecule has 1 aliphatic carbocycles. The Hall–Kier alpha value is -2.35. The number of carbonyl (C=O) groups is 1. The van der Waals surface area contributed by atoms with Gasteiger partial charge in [0.2, 0.25) is 5.91 Å². The van der Waals surface area contributed by atoms with Gasteiger partial charge in [0.05, 0.1) is 12.0 Å². The summed E-state index contributed by atoms with van der Waals surface area (Å²) in [6.07, 6.45) is 6.84. The minimum atomic E-state index is -4.06. The van der Waals surface area contributed by atoms with Crippen LogP contribution in [0, 0.1) is 5.92 Å². The van der Waals surface area contributed by atoms with Crippen molar-refractivity contribution in [2.75, 3.05) is 7.11 Å². The van der Waals surface area contributed by atoms with Gasteiger partial charge in [-0.05, 0) is 37.1 Å². The number of benzene rings is 1. The van der Waals surface area contributed by atoms with Crippen LogP contribution < -0.4 is 10.4 Å². The number of ether oxygens (including phenoxy) is 1. The highest BCUT2D eigenvalue weighted by Gasteiger charge is 2.27. The highest BCUT2D eigenvalue weighted by Crippen LogP contribution is 2.25. The molecule has 2 aromatic rings. The van der Waals surface area contributed by atoms with Crippen LogP contribution in [-0.4, -0.2) is 30.0 Å². The molecule has 0 atom stereocenters. The minimum absolute atomic E-state index is 0.0433. The summed E-state index contributed by atoms with van der Waals surface area (Å²) in [5.74, 6) is -0.0317. The van der Waals surface area contributed by atoms with Crippen LogP contribution in [-0.2, 0) is 10.0 Å². The zero-order chi connectivity index (χ0) is 18.0. The molecule has 25 heavy (non-hydrogen) atoms. The first-order chi connectivity index (χ1) is 11.9. The number of hydrogen-bond acceptors (Lipinski definition) is 5. The van der Waals surface area contributed by atoms with Gasteiger partial charge in [-0.15, -0.1) is 0 Å². The van der Waals surface area contributed by atoms with Crippen molar-refractivity contribution in [1.82, 2.24) is 8.54 Å². The minimum Gasteiger partial charge on any atom is -0.497 e. The van der Waals surface area contributed by atoms with E-state index in [1.54, 1.807) is 0 Å². The molecule has 1 aliphatic rings. The molecule has 3 rings (SSSR count). The summed E-state index contributed by atoms with van der Waals surface area (Å²) < 4.78 is 31.9. The zero-order valence-electron chi connectivity index (χ0n) is 13.9. The second-order valence-corrected chi connectivity index (χ2v) is 7.92. The van der Waals surface area contributed by atoms with E-state index in [1.807, 2.05) is 0 Å². The van der Waals surface area contributed by atoms with Gasteiger partial charge < -0.3 is 4.74 Å². The number of nitrogens with zero attached hydrogens (tertiary/aromatic N) is 2. The molecule has 0 spiro atoms. The standard InChI is InChI=1S/C17H20N2O5S/c1-24-14-7-9-15(10-8-14)25(22,23)19-12-11-18(17(19)21)16(20)13-5-3-2-4-6-13/h7-13H,2-6H2,1H3. The fourth-order valence-electron chi connectivity index (χ4n) is 3.12. The Kier molecular flexibility index (Phi) is 4.80. The molecule has 0 unspecified atom stereocenters. The molecule has 1 heterocycles. The lowest BCUT2D eigenvalue weighted by Gasteiger charge is -2.19. The average Bonchev–Trinajstić information content (AvgIpc) is 3.04. The lowest BCUT2D eigenvalue weighted by Crippen LogP contribution is -2.35. The Morgan fingerprint density at radius 2 is 1.72 bits per heavy atom. The van der Waals surface area contributed by atoms with Crippen molar-refractivity contribution in [3.8, 4) is 5.75 Å². The van der Waals surface area contributed by atoms with Crippen molar-refractivity contribution < 1.29 is 17.9 Å². The molecule has 0 amide bonds. The van der Waals surface area contributed by atoms with E-state index in [0.29, 0.717) is 9.72 Å². The van der Waals surface area contributed by atoms with Gasteiger partial charge in [0.15, 0.2) is 0 Å². The Labute approximate surface area is 145 Å². The van der Waals surface area contributed by atoms with Crippen LogP contribution in [0.3, 0.4) is 0 Å². The average molecular weight is 364 g/mol. The summed E-state index contributed by atoms with van der Waals surface area (Å²) in [5, 5.41) is 0. The Morgan fingerprint density at radius 1 is 1.08 bits per heavy atom. The fraction of sp³-hybridized carbons (Fsp3) is 0.412. The maximum Gasteiger partial charge on any atom is 0.349 e. The number of carbonyl (C=O) groups excluding carboxylic acids is 1. The summed E-state index contributed by atoms with van der Waals surface area (Å²) in [7, 11) is -2.59. The first-order valence-electron chi connectivity index (χ1n) is 8.19. The van der Waals surface area contributed by atoms with Crippen molar-refractivity contribution in [3.63, 3.8) is 0 Å². The molecule has 8 heteroatoms. The van der Waals surface area contributed by atoms with Gasteiger partial charge in [-0.3, -0.25) is 4.79 Å². The van der Waals surface area contributed by atoms with Crippen molar-refractivity contribution in [1.29, 1.82) is 0 Å². The van der Waals surface area contributed by atoms with Crippen LogP contribution >= 0.6 is 0 Å². The lowest BCUT2D eigenvalue weighted by atomic mass is 9.88. The molecule has 0 N–H and O–H groups in total. The van der Waals surface area contributed by atoms with Gasteiger partial charge in [-0.2, -0.15) is 3.97 Å². The van der Waals surface area contributed by atoms with E-state index in [1.165, 1.54) is 37.6 Å². The second-order valence-electron chi connectivity index (χ2n) is 6.10. The number of aromatic nitrogens is 2. The topological polar surface area (TPSA) is 87.4 Å². The third-order valence-electron chi connectivity index (χ3n) is 4.55. The van der Waals surface area contributed by atoms with Crippen molar-refractivity contribution in [2.45, 2.75) is 37.0 Å². The predicted molar refractivity (Wildman–Crippen MR) is 91.5 cm³/mol. The maximum absolute atomic E-state index is 12.7. The first kappa shape index (κ1) is 17.5. The Bertz CT molecular complexity index is 919. The molecule has 1 aromatic carbocycles. The first-order valence-corrected chi connectivity index (χ1v) is 9.63. The van der Waals surface area contributed by atoms with E-state index in [9.17, 15) is 18.0 Å². The highest BCUT2D eigenvalue weighted by atomic mass is 32.2. The normalized spacial score (nSPS) is 15.9. The van der Waals surface area contributed by atoms with Gasteiger partial charge in [-0.1, -0.05) is 19.3 Å². The van der Waals surface area contributed by atoms with E-state index in [0.717, 1.165) is 42.9 Å². The van der Waals surface area contributed by atoms with Crippen LogP contribution in [0.15, 0.2) is 46.3 Å². The van der Waals surface area contributed by atoms with E-state index in [-0.39, 0.29) is 16.7 Å². The SMILES string of the molecule is COc1ccc(S(=O)(=O)n2ccn(C(=O)C3CCCCC3)c2=O)cc1. The van der Waals surface area contributed by atoms with Gasteiger partial charge in [0.1, 0.15) is 5.75 Å². The molecule has 1 aromatic heterocycles. The second kappa shape index (κ2) is 6.87. The highest BCUT2D eigenvalue weighted by molar-refractivity contribution is 7.90. The van der Waals surface area contributed by atoms with Gasteiger partial charge >= 0.3 is 5.69 Å². The molecular formula is C17H20N2O5S. The molecule has 0 saturated heterocycles. The van der Waals surface area contributed by atoms with Crippen molar-refractivity contribution >= 4 is 15.9 Å². The van der Waals surface area contributed by atoms with Crippen LogP contribution in [0.4, 0.5) is 0 Å². The van der Waals surface area contributed by atoms with E-state index < -0.39 is 15.7 Å². The van der Waals surface area contributed by atoms with Crippen LogP contribution in [0.1, 0.15) is 36.9 Å². The Morgan fingerprint density at radius 3 is 2.32 bits per heavy atom. The molecular weight excluding hydrogens is 344 g/mol. The number of methoxy groups -OCH3 is 1. The summed E-state index contributed by atoms with van der Waals surface area (Å²) in [4.78, 5) is 25.0. The van der Waals surface area contributed by atoms with Crippen LogP contribution in [0.5, 0.6) is 5.75 Å². The molecule has 0 bridgehead atoms. The number of rotatable bonds is 4. The summed E-state index contributed by atoms with van der Waals surface area (Å²) in [6.45, 7) is 0. The van der Waals surface area contributed by atoms with Crippen molar-refractivity contribution in [2.24, 2.45) is 5.92 Å². The fourth-order valence-corrected chi connectivity index (χ4v) is 4.33. The van der Waals surface area contributed by atoms with Crippen molar-refractivity contribution in [3.05, 3.63) is 47.1 Å². The number of imidazole rings is 1. The molecule has 0 radical (unpaired) electrons. The van der Waals surface area contributed by atoms with Gasteiger partial charge in [0.25, 0.3) is 10.0 Å². The Balaban J connectivity index is 1.94. The van der Waals surface area contributed by atoms with E-state index in [2.05, 4.69) is 0 Å². The van der Waals surface area contributed by atoms with Gasteiger partial charge in [0, 0.05) is 18.3 Å². The monoisotopic (exact) mass is 364 g/mol. The molecule has 7 nitrogen and oxygen atoms in total. The smallest absolute Gasteiger partial charge is 0.349 e. The van der Waals surface area contributed by atoms with Gasteiger partial charge in [-0.25, -0.2) is 17.8 Å². The summed E-state index contributed by atoms with van der Waals surface area (Å²) in [5.41, 5.74) is -0.855. The largest absolute Gasteiger partial charge is 0.497 e. The molecule has 1 saturated carbocycles. The third kappa shape index (κ3) is 3.26. The predicted octanol–water partition coefficient (Wildman–Crippen LogP) is 2.12. The maximum atomic E-state index is 12.7. The molecule has 1 fully saturated rings. The third-order valence-corrected chi connectivity index (χ3v) is 6.22. The van der Waals surface area contributed by atoms with E-state index >= 15 is 0 Å². The molecule has 134 valence electrons. The zero-order valence-corrected chi connectivity index (χ0v) is 14.7. The van der Waals surface area contributed by atoms with E-state index in [4.69, 9.17) is 4.74 Å². The van der Waals surface area contributed by atoms with Crippen LogP contribution in [0.2, 0.25) is 0 Å². The summed E-state index contributed by atoms with van der Waals surface area (Å²) >= 11 is 0. The summed E-state index contributed by atoms with van der Waals surface area (Å²) in [6, 6.07) is 5.73.